The predicted octanol–water partition coefficient (Wildman–Crippen LogP) is 1.95. The fourth-order valence-electron chi connectivity index (χ4n) is 2.50. The van der Waals surface area contributed by atoms with Crippen molar-refractivity contribution in [3.8, 4) is 5.69 Å². The van der Waals surface area contributed by atoms with E-state index in [9.17, 15) is 14.9 Å². The molecule has 25 heavy (non-hydrogen) atoms. The van der Waals surface area contributed by atoms with Crippen LogP contribution in [0.1, 0.15) is 23.1 Å². The minimum absolute atomic E-state index is 0.118. The molecule has 0 radical (unpaired) electrons. The summed E-state index contributed by atoms with van der Waals surface area (Å²) in [5, 5.41) is 25.6. The van der Waals surface area contributed by atoms with E-state index in [2.05, 4.69) is 20.6 Å². The number of hydrogen-bond donors (Lipinski definition) is 1. The molecule has 0 unspecified atom stereocenters. The van der Waals surface area contributed by atoms with E-state index in [0.29, 0.717) is 6.54 Å². The zero-order valence-corrected chi connectivity index (χ0v) is 13.6. The first-order chi connectivity index (χ1) is 12.0. The third kappa shape index (κ3) is 2.96. The Kier molecular flexibility index (Phi) is 4.25. The third-order valence-electron chi connectivity index (χ3n) is 3.60. The van der Waals surface area contributed by atoms with Crippen LogP contribution in [0.25, 0.3) is 5.69 Å². The Morgan fingerprint density at radius 1 is 1.32 bits per heavy atom. The van der Waals surface area contributed by atoms with Gasteiger partial charge in [0.15, 0.2) is 0 Å². The molecule has 0 atom stereocenters. The SMILES string of the molecule is CCn1nc(C)c([N+](=O)[O-])c1C(=O)Nc1nncn1-c1ccccc1. The standard InChI is InChI=1S/C15H15N7O3/c1-3-21-13(12(22(24)25)10(2)19-21)14(23)17-15-18-16-9-20(15)11-7-5-4-6-8-11/h4-9H,3H2,1-2H3,(H,17,18,23). The normalized spacial score (nSPS) is 10.6. The molecule has 0 bridgehead atoms. The Hall–Kier alpha value is -3.56. The van der Waals surface area contributed by atoms with Crippen molar-refractivity contribution in [2.24, 2.45) is 0 Å². The fourth-order valence-corrected chi connectivity index (χ4v) is 2.50. The molecule has 0 aliphatic heterocycles. The molecule has 0 fully saturated rings. The van der Waals surface area contributed by atoms with Gasteiger partial charge in [-0.1, -0.05) is 18.2 Å². The number of aryl methyl sites for hydroxylation is 2. The van der Waals surface area contributed by atoms with Gasteiger partial charge >= 0.3 is 5.69 Å². The lowest BCUT2D eigenvalue weighted by atomic mass is 10.3. The molecule has 1 aromatic carbocycles. The van der Waals surface area contributed by atoms with Gasteiger partial charge in [-0.05, 0) is 26.0 Å². The predicted molar refractivity (Wildman–Crippen MR) is 88.6 cm³/mol. The van der Waals surface area contributed by atoms with Gasteiger partial charge in [-0.15, -0.1) is 10.2 Å². The molecule has 0 aliphatic carbocycles. The van der Waals surface area contributed by atoms with E-state index in [1.54, 1.807) is 11.5 Å². The second-order valence-electron chi connectivity index (χ2n) is 5.17. The molecular weight excluding hydrogens is 326 g/mol. The highest BCUT2D eigenvalue weighted by Gasteiger charge is 2.30. The smallest absolute Gasteiger partial charge is 0.289 e. The molecule has 10 nitrogen and oxygen atoms in total. The van der Waals surface area contributed by atoms with Crippen molar-refractivity contribution in [3.05, 3.63) is 58.2 Å². The molecule has 0 saturated carbocycles. The molecular formula is C15H15N7O3. The van der Waals surface area contributed by atoms with Crippen LogP contribution in [-0.4, -0.2) is 35.4 Å². The van der Waals surface area contributed by atoms with Gasteiger partial charge in [0.05, 0.1) is 10.6 Å². The van der Waals surface area contributed by atoms with Crippen molar-refractivity contribution in [1.29, 1.82) is 0 Å². The minimum Gasteiger partial charge on any atom is -0.289 e. The number of anilines is 1. The number of carbonyl (C=O) groups is 1. The zero-order chi connectivity index (χ0) is 18.0. The summed E-state index contributed by atoms with van der Waals surface area (Å²) < 4.78 is 2.87. The fraction of sp³-hybridized carbons (Fsp3) is 0.200. The lowest BCUT2D eigenvalue weighted by Gasteiger charge is -2.08. The summed E-state index contributed by atoms with van der Waals surface area (Å²) in [4.78, 5) is 23.4. The minimum atomic E-state index is -0.667. The van der Waals surface area contributed by atoms with Crippen LogP contribution in [0.2, 0.25) is 0 Å². The van der Waals surface area contributed by atoms with E-state index >= 15 is 0 Å². The number of benzene rings is 1. The number of rotatable bonds is 5. The number of nitrogens with zero attached hydrogens (tertiary/aromatic N) is 6. The molecule has 10 heteroatoms. The maximum absolute atomic E-state index is 12.7. The first kappa shape index (κ1) is 16.3. The Balaban J connectivity index is 1.98. The van der Waals surface area contributed by atoms with Gasteiger partial charge in [-0.2, -0.15) is 5.10 Å². The van der Waals surface area contributed by atoms with Gasteiger partial charge in [-0.3, -0.25) is 29.5 Å². The highest BCUT2D eigenvalue weighted by atomic mass is 16.6. The van der Waals surface area contributed by atoms with Gasteiger partial charge < -0.3 is 0 Å². The maximum Gasteiger partial charge on any atom is 0.322 e. The van der Waals surface area contributed by atoms with Crippen molar-refractivity contribution in [1.82, 2.24) is 24.5 Å². The number of nitrogens with one attached hydrogen (secondary N) is 1. The number of para-hydroxylation sites is 1. The summed E-state index contributed by atoms with van der Waals surface area (Å²) in [7, 11) is 0. The monoisotopic (exact) mass is 341 g/mol. The second-order valence-corrected chi connectivity index (χ2v) is 5.17. The Morgan fingerprint density at radius 2 is 2.04 bits per heavy atom. The van der Waals surface area contributed by atoms with E-state index in [-0.39, 0.29) is 23.0 Å². The molecule has 0 saturated heterocycles. The molecule has 3 aromatic rings. The summed E-state index contributed by atoms with van der Waals surface area (Å²) in [6.07, 6.45) is 1.45. The van der Waals surface area contributed by atoms with Gasteiger partial charge in [0.2, 0.25) is 11.6 Å². The Bertz CT molecular complexity index is 930. The number of carbonyl (C=O) groups excluding carboxylic acids is 1. The second kappa shape index (κ2) is 6.51. The lowest BCUT2D eigenvalue weighted by Crippen LogP contribution is -2.20. The van der Waals surface area contributed by atoms with E-state index in [4.69, 9.17) is 0 Å². The van der Waals surface area contributed by atoms with Crippen LogP contribution >= 0.6 is 0 Å². The molecule has 3 rings (SSSR count). The Labute approximate surface area is 142 Å². The summed E-state index contributed by atoms with van der Waals surface area (Å²) >= 11 is 0. The highest BCUT2D eigenvalue weighted by molar-refractivity contribution is 6.05. The molecule has 0 spiro atoms. The summed E-state index contributed by atoms with van der Waals surface area (Å²) in [5.41, 5.74) is 0.497. The lowest BCUT2D eigenvalue weighted by molar-refractivity contribution is -0.385. The van der Waals surface area contributed by atoms with Crippen molar-refractivity contribution < 1.29 is 9.72 Å². The largest absolute Gasteiger partial charge is 0.322 e. The van der Waals surface area contributed by atoms with Gasteiger partial charge in [0.1, 0.15) is 12.0 Å². The van der Waals surface area contributed by atoms with Crippen LogP contribution < -0.4 is 5.32 Å². The molecule has 2 aromatic heterocycles. The van der Waals surface area contributed by atoms with Crippen LogP contribution in [0.3, 0.4) is 0 Å². The topological polar surface area (TPSA) is 121 Å². The molecule has 1 amide bonds. The summed E-state index contributed by atoms with van der Waals surface area (Å²) in [6.45, 7) is 3.57. The van der Waals surface area contributed by atoms with E-state index in [1.165, 1.54) is 17.9 Å². The van der Waals surface area contributed by atoms with E-state index in [0.717, 1.165) is 5.69 Å². The first-order valence-electron chi connectivity index (χ1n) is 7.51. The van der Waals surface area contributed by atoms with Crippen molar-refractivity contribution in [3.63, 3.8) is 0 Å². The number of aromatic nitrogens is 5. The van der Waals surface area contributed by atoms with E-state index < -0.39 is 10.8 Å². The maximum atomic E-state index is 12.7. The highest BCUT2D eigenvalue weighted by Crippen LogP contribution is 2.24. The van der Waals surface area contributed by atoms with Crippen molar-refractivity contribution >= 4 is 17.5 Å². The van der Waals surface area contributed by atoms with E-state index in [1.807, 2.05) is 30.3 Å². The zero-order valence-electron chi connectivity index (χ0n) is 13.6. The van der Waals surface area contributed by atoms with Gasteiger partial charge in [0, 0.05) is 6.54 Å². The molecule has 0 aliphatic rings. The van der Waals surface area contributed by atoms with Gasteiger partial charge in [0.25, 0.3) is 5.91 Å². The quantitative estimate of drug-likeness (QED) is 0.559. The average molecular weight is 341 g/mol. The number of nitro groups is 1. The first-order valence-corrected chi connectivity index (χ1v) is 7.51. The summed E-state index contributed by atoms with van der Waals surface area (Å²) in [5.74, 6) is -0.508. The van der Waals surface area contributed by atoms with Crippen LogP contribution in [0.5, 0.6) is 0 Å². The van der Waals surface area contributed by atoms with Crippen LogP contribution in [0.15, 0.2) is 36.7 Å². The van der Waals surface area contributed by atoms with Crippen LogP contribution in [-0.2, 0) is 6.54 Å². The van der Waals surface area contributed by atoms with Crippen molar-refractivity contribution in [2.75, 3.05) is 5.32 Å². The van der Waals surface area contributed by atoms with Crippen molar-refractivity contribution in [2.45, 2.75) is 20.4 Å². The summed E-state index contributed by atoms with van der Waals surface area (Å²) in [6, 6.07) is 9.17. The Morgan fingerprint density at radius 3 is 2.68 bits per heavy atom. The van der Waals surface area contributed by atoms with Gasteiger partial charge in [-0.25, -0.2) is 0 Å². The van der Waals surface area contributed by atoms with Crippen LogP contribution in [0.4, 0.5) is 11.6 Å². The number of amides is 1. The van der Waals surface area contributed by atoms with Crippen LogP contribution in [0, 0.1) is 17.0 Å². The average Bonchev–Trinajstić information content (AvgIpc) is 3.19. The molecule has 128 valence electrons. The molecule has 1 N–H and O–H groups in total. The molecule has 2 heterocycles. The number of hydrogen-bond acceptors (Lipinski definition) is 6. The third-order valence-corrected chi connectivity index (χ3v) is 3.60.